The molecule has 0 aliphatic heterocycles. The summed E-state index contributed by atoms with van der Waals surface area (Å²) >= 11 is 0. The Morgan fingerprint density at radius 2 is 2.38 bits per heavy atom. The van der Waals surface area contributed by atoms with Crippen molar-refractivity contribution in [2.75, 3.05) is 7.05 Å². The summed E-state index contributed by atoms with van der Waals surface area (Å²) in [4.78, 5) is 0. The van der Waals surface area contributed by atoms with Crippen molar-refractivity contribution in [3.05, 3.63) is 0 Å². The third kappa shape index (κ3) is 3.33. The summed E-state index contributed by atoms with van der Waals surface area (Å²) in [6.07, 6.45) is 2.70. The minimum absolute atomic E-state index is 0.930. The van der Waals surface area contributed by atoms with Gasteiger partial charge in [0.1, 0.15) is 0 Å². The van der Waals surface area contributed by atoms with Crippen LogP contribution in [-0.4, -0.2) is 25.1 Å². The van der Waals surface area contributed by atoms with Crippen LogP contribution >= 0.6 is 0 Å². The molecule has 0 saturated carbocycles. The number of nitrogens with zero attached hydrogens (tertiary/aromatic N) is 3. The van der Waals surface area contributed by atoms with Crippen molar-refractivity contribution in [2.45, 2.75) is 13.3 Å². The first-order chi connectivity index (χ1) is 3.81. The maximum Gasteiger partial charge on any atom is 0.0495 e. The van der Waals surface area contributed by atoms with E-state index in [1.165, 1.54) is 5.12 Å². The minimum Gasteiger partial charge on any atom is -0.189 e. The first kappa shape index (κ1) is 7.14. The Bertz CT molecular complexity index is 87.7. The molecule has 8 heavy (non-hydrogen) atoms. The second kappa shape index (κ2) is 4.30. The van der Waals surface area contributed by atoms with E-state index in [2.05, 4.69) is 16.9 Å². The lowest BCUT2D eigenvalue weighted by molar-refractivity contribution is 0.382. The maximum atomic E-state index is 3.84. The molecule has 0 heterocycles. The first-order valence-electron chi connectivity index (χ1n) is 2.54. The van der Waals surface area contributed by atoms with Gasteiger partial charge in [-0.1, -0.05) is 6.92 Å². The summed E-state index contributed by atoms with van der Waals surface area (Å²) in [6.45, 7) is 5.29. The fraction of sp³-hybridized carbons (Fsp3) is 0.600. The van der Waals surface area contributed by atoms with Gasteiger partial charge in [-0.2, -0.15) is 15.3 Å². The number of hydrogen-bond donors (Lipinski definition) is 0. The van der Waals surface area contributed by atoms with Crippen molar-refractivity contribution >= 4 is 12.9 Å². The van der Waals surface area contributed by atoms with E-state index in [0.717, 1.165) is 6.42 Å². The summed E-state index contributed by atoms with van der Waals surface area (Å²) in [5.41, 5.74) is 0. The van der Waals surface area contributed by atoms with Gasteiger partial charge in [0.2, 0.25) is 0 Å². The lowest BCUT2D eigenvalue weighted by Crippen LogP contribution is -1.99. The SMILES string of the molecule is C=NN(C)/N=C\CC. The molecule has 0 saturated heterocycles. The van der Waals surface area contributed by atoms with Gasteiger partial charge in [-0.25, -0.2) is 0 Å². The Morgan fingerprint density at radius 3 is 2.75 bits per heavy atom. The Hall–Kier alpha value is -0.860. The molecule has 0 N–H and O–H groups in total. The van der Waals surface area contributed by atoms with Gasteiger partial charge in [-0.05, 0) is 6.42 Å². The smallest absolute Gasteiger partial charge is 0.0495 e. The van der Waals surface area contributed by atoms with Crippen LogP contribution in [0.3, 0.4) is 0 Å². The lowest BCUT2D eigenvalue weighted by Gasteiger charge is -2.00. The summed E-state index contributed by atoms with van der Waals surface area (Å²) in [5, 5.41) is 8.77. The Kier molecular flexibility index (Phi) is 3.84. The second-order valence-corrected chi connectivity index (χ2v) is 1.34. The molecule has 0 atom stereocenters. The van der Waals surface area contributed by atoms with Crippen molar-refractivity contribution in [3.63, 3.8) is 0 Å². The predicted octanol–water partition coefficient (Wildman–Crippen LogP) is 0.930. The summed E-state index contributed by atoms with van der Waals surface area (Å²) in [7, 11) is 1.74. The normalized spacial score (nSPS) is 9.75. The molecular formula is C5H11N3. The van der Waals surface area contributed by atoms with Crippen LogP contribution in [0.2, 0.25) is 0 Å². The summed E-state index contributed by atoms with van der Waals surface area (Å²) in [5.74, 6) is 0. The molecule has 0 unspecified atom stereocenters. The van der Waals surface area contributed by atoms with Gasteiger partial charge in [-0.15, -0.1) is 0 Å². The molecule has 0 aliphatic carbocycles. The second-order valence-electron chi connectivity index (χ2n) is 1.34. The average Bonchev–Trinajstić information content (AvgIpc) is 1.83. The molecule has 0 aromatic carbocycles. The van der Waals surface area contributed by atoms with Gasteiger partial charge in [0, 0.05) is 20.0 Å². The van der Waals surface area contributed by atoms with Crippen LogP contribution in [0.4, 0.5) is 0 Å². The van der Waals surface area contributed by atoms with Crippen LogP contribution in [0, 0.1) is 0 Å². The highest BCUT2D eigenvalue weighted by Gasteiger charge is 1.75. The van der Waals surface area contributed by atoms with Crippen LogP contribution in [0.25, 0.3) is 0 Å². The van der Waals surface area contributed by atoms with Gasteiger partial charge < -0.3 is 0 Å². The molecule has 0 aromatic rings. The number of hydrogen-bond acceptors (Lipinski definition) is 3. The molecule has 0 bridgehead atoms. The lowest BCUT2D eigenvalue weighted by atomic mass is 10.6. The van der Waals surface area contributed by atoms with Crippen LogP contribution in [0.5, 0.6) is 0 Å². The molecule has 0 radical (unpaired) electrons. The third-order valence-electron chi connectivity index (χ3n) is 0.636. The zero-order valence-electron chi connectivity index (χ0n) is 5.33. The molecule has 0 rings (SSSR count). The first-order valence-corrected chi connectivity index (χ1v) is 2.54. The van der Waals surface area contributed by atoms with Crippen LogP contribution in [0.15, 0.2) is 10.2 Å². The monoisotopic (exact) mass is 113 g/mol. The fourth-order valence-electron chi connectivity index (χ4n) is 0.236. The Balaban J connectivity index is 3.35. The van der Waals surface area contributed by atoms with E-state index in [4.69, 9.17) is 0 Å². The Morgan fingerprint density at radius 1 is 1.75 bits per heavy atom. The molecule has 0 aliphatic rings. The largest absolute Gasteiger partial charge is 0.189 e. The van der Waals surface area contributed by atoms with E-state index in [1.807, 2.05) is 6.92 Å². The highest BCUT2D eigenvalue weighted by Crippen LogP contribution is 1.79. The summed E-state index contributed by atoms with van der Waals surface area (Å²) < 4.78 is 0. The summed E-state index contributed by atoms with van der Waals surface area (Å²) in [6, 6.07) is 0. The third-order valence-corrected chi connectivity index (χ3v) is 0.636. The van der Waals surface area contributed by atoms with Crippen LogP contribution in [0.1, 0.15) is 13.3 Å². The van der Waals surface area contributed by atoms with E-state index in [0.29, 0.717) is 0 Å². The molecule has 0 amide bonds. The minimum atomic E-state index is 0.930. The standard InChI is InChI=1S/C5H11N3/c1-4-5-7-8(3)6-2/h5H,2,4H2,1,3H3/b7-5-. The topological polar surface area (TPSA) is 28.0 Å². The van der Waals surface area contributed by atoms with E-state index < -0.39 is 0 Å². The van der Waals surface area contributed by atoms with Gasteiger partial charge in [0.05, 0.1) is 0 Å². The quantitative estimate of drug-likeness (QED) is 0.395. The van der Waals surface area contributed by atoms with E-state index in [-0.39, 0.29) is 0 Å². The van der Waals surface area contributed by atoms with Gasteiger partial charge in [0.25, 0.3) is 0 Å². The Labute approximate surface area is 49.7 Å². The van der Waals surface area contributed by atoms with Gasteiger partial charge in [0.15, 0.2) is 0 Å². The zero-order chi connectivity index (χ0) is 6.41. The number of rotatable bonds is 3. The molecular weight excluding hydrogens is 102 g/mol. The fourth-order valence-corrected chi connectivity index (χ4v) is 0.236. The van der Waals surface area contributed by atoms with Crippen molar-refractivity contribution in [1.82, 2.24) is 5.12 Å². The molecule has 0 fully saturated rings. The molecule has 0 aromatic heterocycles. The average molecular weight is 113 g/mol. The van der Waals surface area contributed by atoms with Gasteiger partial charge >= 0.3 is 0 Å². The number of hydrazone groups is 2. The van der Waals surface area contributed by atoms with Gasteiger partial charge in [-0.3, -0.25) is 0 Å². The van der Waals surface area contributed by atoms with Crippen molar-refractivity contribution in [1.29, 1.82) is 0 Å². The highest BCUT2D eigenvalue weighted by atomic mass is 15.6. The van der Waals surface area contributed by atoms with E-state index >= 15 is 0 Å². The maximum absolute atomic E-state index is 3.84. The highest BCUT2D eigenvalue weighted by molar-refractivity contribution is 5.55. The van der Waals surface area contributed by atoms with Crippen LogP contribution < -0.4 is 0 Å². The predicted molar refractivity (Wildman–Crippen MR) is 36.1 cm³/mol. The van der Waals surface area contributed by atoms with Crippen molar-refractivity contribution in [2.24, 2.45) is 10.2 Å². The van der Waals surface area contributed by atoms with Crippen LogP contribution in [-0.2, 0) is 0 Å². The molecule has 46 valence electrons. The molecule has 0 spiro atoms. The van der Waals surface area contributed by atoms with E-state index in [1.54, 1.807) is 13.3 Å². The molecule has 3 heteroatoms. The molecule has 3 nitrogen and oxygen atoms in total. The zero-order valence-corrected chi connectivity index (χ0v) is 5.33. The van der Waals surface area contributed by atoms with Crippen molar-refractivity contribution in [3.8, 4) is 0 Å². The van der Waals surface area contributed by atoms with E-state index in [9.17, 15) is 0 Å². The van der Waals surface area contributed by atoms with Crippen molar-refractivity contribution < 1.29 is 0 Å².